The van der Waals surface area contributed by atoms with Crippen LogP contribution in [0, 0.1) is 5.41 Å². The van der Waals surface area contributed by atoms with Crippen LogP contribution in [0.5, 0.6) is 0 Å². The van der Waals surface area contributed by atoms with Gasteiger partial charge >= 0.3 is 5.97 Å². The van der Waals surface area contributed by atoms with Crippen LogP contribution in [-0.4, -0.2) is 23.0 Å². The number of carbonyl (C=O) groups excluding carboxylic acids is 1. The van der Waals surface area contributed by atoms with Gasteiger partial charge < -0.3 is 10.4 Å². The molecular weight excluding hydrogens is 218 g/mol. The van der Waals surface area contributed by atoms with Gasteiger partial charge in [-0.2, -0.15) is 0 Å². The normalized spacial score (nSPS) is 18.9. The first-order valence-electron chi connectivity index (χ1n) is 6.20. The second kappa shape index (κ2) is 5.84. The van der Waals surface area contributed by atoms with Gasteiger partial charge in [0.25, 0.3) is 0 Å². The molecule has 0 saturated heterocycles. The fourth-order valence-corrected chi connectivity index (χ4v) is 2.20. The van der Waals surface area contributed by atoms with Crippen LogP contribution in [0.4, 0.5) is 0 Å². The summed E-state index contributed by atoms with van der Waals surface area (Å²) in [7, 11) is 0. The number of hydrogen-bond acceptors (Lipinski definition) is 2. The molecule has 1 aliphatic rings. The van der Waals surface area contributed by atoms with E-state index in [0.29, 0.717) is 12.8 Å². The van der Waals surface area contributed by atoms with E-state index in [1.165, 1.54) is 0 Å². The minimum absolute atomic E-state index is 0.0947. The molecule has 4 heteroatoms. The van der Waals surface area contributed by atoms with Crippen molar-refractivity contribution in [2.45, 2.75) is 51.5 Å². The highest BCUT2D eigenvalue weighted by Crippen LogP contribution is 2.44. The highest BCUT2D eigenvalue weighted by molar-refractivity contribution is 5.88. The molecule has 0 aromatic carbocycles. The summed E-state index contributed by atoms with van der Waals surface area (Å²) in [6, 6.07) is -0.787. The number of carboxylic acids is 1. The summed E-state index contributed by atoms with van der Waals surface area (Å²) in [6.45, 7) is 5.54. The van der Waals surface area contributed by atoms with Crippen molar-refractivity contribution in [3.05, 3.63) is 12.7 Å². The molecule has 0 radical (unpaired) electrons. The van der Waals surface area contributed by atoms with Gasteiger partial charge in [-0.05, 0) is 32.1 Å². The lowest BCUT2D eigenvalue weighted by Crippen LogP contribution is -2.51. The van der Waals surface area contributed by atoms with Gasteiger partial charge in [0.15, 0.2) is 0 Å². The van der Waals surface area contributed by atoms with Crippen molar-refractivity contribution in [1.29, 1.82) is 0 Å². The molecule has 2 N–H and O–H groups in total. The Kier molecular flexibility index (Phi) is 4.73. The molecule has 96 valence electrons. The molecule has 0 aliphatic heterocycles. The van der Waals surface area contributed by atoms with Crippen molar-refractivity contribution in [2.75, 3.05) is 0 Å². The Bertz CT molecular complexity index is 302. The second-order valence-electron chi connectivity index (χ2n) is 4.72. The molecule has 0 bridgehead atoms. The molecule has 0 spiro atoms. The van der Waals surface area contributed by atoms with Gasteiger partial charge in [0, 0.05) is 5.41 Å². The van der Waals surface area contributed by atoms with Gasteiger partial charge in [-0.25, -0.2) is 4.79 Å². The third-order valence-electron chi connectivity index (χ3n) is 3.73. The van der Waals surface area contributed by atoms with E-state index < -0.39 is 12.0 Å². The number of amides is 1. The van der Waals surface area contributed by atoms with Crippen LogP contribution in [0.15, 0.2) is 12.7 Å². The number of nitrogens with one attached hydrogen (secondary N) is 1. The van der Waals surface area contributed by atoms with E-state index in [9.17, 15) is 9.59 Å². The summed E-state index contributed by atoms with van der Waals surface area (Å²) in [6.07, 6.45) is 6.27. The molecule has 1 unspecified atom stereocenters. The van der Waals surface area contributed by atoms with Crippen LogP contribution >= 0.6 is 0 Å². The number of carboxylic acid groups (broad SMARTS) is 1. The van der Waals surface area contributed by atoms with Gasteiger partial charge in [-0.3, -0.25) is 4.79 Å². The van der Waals surface area contributed by atoms with E-state index in [1.54, 1.807) is 6.08 Å². The van der Waals surface area contributed by atoms with Crippen LogP contribution in [-0.2, 0) is 9.59 Å². The Morgan fingerprint density at radius 1 is 1.53 bits per heavy atom. The zero-order valence-electron chi connectivity index (χ0n) is 10.4. The van der Waals surface area contributed by atoms with Gasteiger partial charge in [0.1, 0.15) is 6.04 Å². The monoisotopic (exact) mass is 239 g/mol. The minimum atomic E-state index is -0.967. The highest BCUT2D eigenvalue weighted by Gasteiger charge is 2.43. The summed E-state index contributed by atoms with van der Waals surface area (Å²) in [5, 5.41) is 11.7. The predicted octanol–water partition coefficient (Wildman–Crippen LogP) is 2.10. The van der Waals surface area contributed by atoms with Gasteiger partial charge in [0.05, 0.1) is 0 Å². The fourth-order valence-electron chi connectivity index (χ4n) is 2.20. The molecule has 1 aliphatic carbocycles. The standard InChI is InChI=1S/C13H21NO3/c1-3-5-7-10(11(15)16)14-12(17)13(4-2)8-6-9-13/h3,10H,1,4-9H2,2H3,(H,14,17)(H,15,16). The smallest absolute Gasteiger partial charge is 0.326 e. The van der Waals surface area contributed by atoms with E-state index in [4.69, 9.17) is 5.11 Å². The third-order valence-corrected chi connectivity index (χ3v) is 3.73. The van der Waals surface area contributed by atoms with E-state index in [1.807, 2.05) is 6.92 Å². The van der Waals surface area contributed by atoms with E-state index in [2.05, 4.69) is 11.9 Å². The number of carbonyl (C=O) groups is 2. The molecule has 1 fully saturated rings. The SMILES string of the molecule is C=CCCC(NC(=O)C1(CC)CCC1)C(=O)O. The average molecular weight is 239 g/mol. The quantitative estimate of drug-likeness (QED) is 0.669. The predicted molar refractivity (Wildman–Crippen MR) is 65.6 cm³/mol. The number of rotatable bonds is 7. The number of hydrogen-bond donors (Lipinski definition) is 2. The summed E-state index contributed by atoms with van der Waals surface area (Å²) < 4.78 is 0. The van der Waals surface area contributed by atoms with Crippen molar-refractivity contribution in [3.63, 3.8) is 0 Å². The molecule has 1 amide bonds. The lowest BCUT2D eigenvalue weighted by atomic mass is 9.66. The highest BCUT2D eigenvalue weighted by atomic mass is 16.4. The lowest BCUT2D eigenvalue weighted by molar-refractivity contribution is -0.146. The summed E-state index contributed by atoms with van der Waals surface area (Å²) in [5.74, 6) is -1.06. The van der Waals surface area contributed by atoms with Crippen LogP contribution in [0.3, 0.4) is 0 Å². The minimum Gasteiger partial charge on any atom is -0.480 e. The average Bonchev–Trinajstić information content (AvgIpc) is 2.23. The van der Waals surface area contributed by atoms with E-state index >= 15 is 0 Å². The summed E-state index contributed by atoms with van der Waals surface area (Å²) >= 11 is 0. The molecule has 17 heavy (non-hydrogen) atoms. The van der Waals surface area contributed by atoms with E-state index in [-0.39, 0.29) is 11.3 Å². The lowest BCUT2D eigenvalue weighted by Gasteiger charge is -2.40. The first-order valence-corrected chi connectivity index (χ1v) is 6.20. The third kappa shape index (κ3) is 3.08. The Balaban J connectivity index is 2.57. The molecule has 1 saturated carbocycles. The van der Waals surface area contributed by atoms with Gasteiger partial charge in [-0.1, -0.05) is 19.4 Å². The molecule has 4 nitrogen and oxygen atoms in total. The molecule has 0 heterocycles. The van der Waals surface area contributed by atoms with Crippen LogP contribution in [0.25, 0.3) is 0 Å². The van der Waals surface area contributed by atoms with E-state index in [0.717, 1.165) is 25.7 Å². The summed E-state index contributed by atoms with van der Waals surface area (Å²) in [4.78, 5) is 23.1. The molecular formula is C13H21NO3. The van der Waals surface area contributed by atoms with Crippen molar-refractivity contribution in [3.8, 4) is 0 Å². The molecule has 1 rings (SSSR count). The first-order chi connectivity index (χ1) is 8.05. The van der Waals surface area contributed by atoms with Crippen molar-refractivity contribution >= 4 is 11.9 Å². The van der Waals surface area contributed by atoms with Crippen LogP contribution in [0.1, 0.15) is 45.4 Å². The largest absolute Gasteiger partial charge is 0.480 e. The van der Waals surface area contributed by atoms with Crippen molar-refractivity contribution < 1.29 is 14.7 Å². The van der Waals surface area contributed by atoms with Crippen molar-refractivity contribution in [2.24, 2.45) is 5.41 Å². The Labute approximate surface area is 102 Å². The van der Waals surface area contributed by atoms with Crippen molar-refractivity contribution in [1.82, 2.24) is 5.32 Å². The Morgan fingerprint density at radius 2 is 2.18 bits per heavy atom. The summed E-state index contributed by atoms with van der Waals surface area (Å²) in [5.41, 5.74) is -0.304. The Morgan fingerprint density at radius 3 is 2.53 bits per heavy atom. The number of aliphatic carboxylic acids is 1. The second-order valence-corrected chi connectivity index (χ2v) is 4.72. The first kappa shape index (κ1) is 13.7. The van der Waals surface area contributed by atoms with Crippen LogP contribution in [0.2, 0.25) is 0 Å². The zero-order chi connectivity index (χ0) is 12.9. The topological polar surface area (TPSA) is 66.4 Å². The van der Waals surface area contributed by atoms with Gasteiger partial charge in [-0.15, -0.1) is 6.58 Å². The maximum Gasteiger partial charge on any atom is 0.326 e. The molecule has 1 atom stereocenters. The van der Waals surface area contributed by atoms with Gasteiger partial charge in [0.2, 0.25) is 5.91 Å². The maximum absolute atomic E-state index is 12.1. The number of allylic oxidation sites excluding steroid dienone is 1. The zero-order valence-corrected chi connectivity index (χ0v) is 10.4. The maximum atomic E-state index is 12.1. The molecule has 0 aromatic rings. The fraction of sp³-hybridized carbons (Fsp3) is 0.692. The molecule has 0 aromatic heterocycles. The van der Waals surface area contributed by atoms with Crippen LogP contribution < -0.4 is 5.32 Å². The Hall–Kier alpha value is -1.32.